The highest BCUT2D eigenvalue weighted by Gasteiger charge is 2.31. The van der Waals surface area contributed by atoms with Crippen LogP contribution in [0.25, 0.3) is 0 Å². The van der Waals surface area contributed by atoms with Gasteiger partial charge in [-0.25, -0.2) is 0 Å². The molecule has 0 aliphatic heterocycles. The molecule has 0 spiro atoms. The Balaban J connectivity index is 2.37. The van der Waals surface area contributed by atoms with Gasteiger partial charge in [-0.2, -0.15) is 5.26 Å². The average molecular weight is 252 g/mol. The van der Waals surface area contributed by atoms with Crippen molar-refractivity contribution in [1.82, 2.24) is 5.32 Å². The fourth-order valence-corrected chi connectivity index (χ4v) is 1.53. The van der Waals surface area contributed by atoms with E-state index in [0.717, 1.165) is 19.3 Å². The molecule has 1 fully saturated rings. The molecule has 1 aliphatic carbocycles. The van der Waals surface area contributed by atoms with E-state index in [1.165, 1.54) is 0 Å². The molecular weight excluding hydrogens is 232 g/mol. The van der Waals surface area contributed by atoms with Gasteiger partial charge in [0, 0.05) is 0 Å². The number of hydrogen-bond donors (Lipinski definition) is 1. The zero-order valence-electron chi connectivity index (χ0n) is 11.2. The van der Waals surface area contributed by atoms with Gasteiger partial charge in [0.1, 0.15) is 5.54 Å². The first-order chi connectivity index (χ1) is 8.39. The van der Waals surface area contributed by atoms with E-state index in [1.54, 1.807) is 6.92 Å². The number of hydrogen-bond acceptors (Lipinski definition) is 4. The van der Waals surface area contributed by atoms with Gasteiger partial charge in [0.2, 0.25) is 0 Å². The molecule has 1 saturated carbocycles. The fraction of sp³-hybridized carbons (Fsp3) is 0.769. The Morgan fingerprint density at radius 1 is 1.50 bits per heavy atom. The molecule has 5 nitrogen and oxygen atoms in total. The van der Waals surface area contributed by atoms with E-state index < -0.39 is 11.4 Å². The first-order valence-corrected chi connectivity index (χ1v) is 6.28. The van der Waals surface area contributed by atoms with Crippen molar-refractivity contribution in [2.24, 2.45) is 11.8 Å². The molecule has 18 heavy (non-hydrogen) atoms. The Morgan fingerprint density at radius 2 is 2.11 bits per heavy atom. The van der Waals surface area contributed by atoms with E-state index in [4.69, 9.17) is 10.00 Å². The van der Waals surface area contributed by atoms with Crippen molar-refractivity contribution in [2.75, 3.05) is 6.61 Å². The number of esters is 1. The van der Waals surface area contributed by atoms with Crippen LogP contribution in [0.15, 0.2) is 0 Å². The number of nitrogens with one attached hydrogen (secondary N) is 1. The third kappa shape index (κ3) is 3.46. The Bertz CT molecular complexity index is 369. The van der Waals surface area contributed by atoms with Gasteiger partial charge in [-0.1, -0.05) is 20.3 Å². The lowest BCUT2D eigenvalue weighted by molar-refractivity contribution is -0.155. The summed E-state index contributed by atoms with van der Waals surface area (Å²) in [6.07, 6.45) is 2.75. The molecule has 0 aromatic rings. The minimum Gasteiger partial charge on any atom is -0.455 e. The largest absolute Gasteiger partial charge is 0.455 e. The first kappa shape index (κ1) is 14.5. The van der Waals surface area contributed by atoms with Gasteiger partial charge in [0.15, 0.2) is 6.61 Å². The third-order valence-electron chi connectivity index (χ3n) is 3.57. The number of amides is 1. The summed E-state index contributed by atoms with van der Waals surface area (Å²) >= 11 is 0. The summed E-state index contributed by atoms with van der Waals surface area (Å²) in [6, 6.07) is 2.07. The second-order valence-electron chi connectivity index (χ2n) is 5.25. The maximum Gasteiger partial charge on any atom is 0.309 e. The lowest BCUT2D eigenvalue weighted by Gasteiger charge is -2.27. The SMILES string of the molecule is CC(C)[C@@](C)(C#N)NC(=O)COC(=O)C1CCC1. The Morgan fingerprint density at radius 3 is 2.50 bits per heavy atom. The van der Waals surface area contributed by atoms with Crippen molar-refractivity contribution >= 4 is 11.9 Å². The van der Waals surface area contributed by atoms with Crippen molar-refractivity contribution in [3.05, 3.63) is 0 Å². The lowest BCUT2D eigenvalue weighted by Crippen LogP contribution is -2.50. The van der Waals surface area contributed by atoms with Gasteiger partial charge in [-0.15, -0.1) is 0 Å². The highest BCUT2D eigenvalue weighted by Crippen LogP contribution is 2.27. The Labute approximate surface area is 107 Å². The van der Waals surface area contributed by atoms with Crippen LogP contribution in [0.5, 0.6) is 0 Å². The zero-order valence-corrected chi connectivity index (χ0v) is 11.2. The summed E-state index contributed by atoms with van der Waals surface area (Å²) in [5.74, 6) is -0.793. The zero-order chi connectivity index (χ0) is 13.8. The number of rotatable bonds is 5. The molecule has 0 radical (unpaired) electrons. The van der Waals surface area contributed by atoms with E-state index in [1.807, 2.05) is 13.8 Å². The van der Waals surface area contributed by atoms with Crippen LogP contribution in [0.4, 0.5) is 0 Å². The summed E-state index contributed by atoms with van der Waals surface area (Å²) in [5.41, 5.74) is -0.931. The molecule has 0 saturated heterocycles. The number of nitriles is 1. The van der Waals surface area contributed by atoms with E-state index in [2.05, 4.69) is 11.4 Å². The van der Waals surface area contributed by atoms with Crippen molar-refractivity contribution in [1.29, 1.82) is 5.26 Å². The number of carbonyl (C=O) groups excluding carboxylic acids is 2. The van der Waals surface area contributed by atoms with Crippen LogP contribution in [0.3, 0.4) is 0 Å². The maximum absolute atomic E-state index is 11.6. The smallest absolute Gasteiger partial charge is 0.309 e. The van der Waals surface area contributed by atoms with Crippen LogP contribution in [-0.4, -0.2) is 24.0 Å². The van der Waals surface area contributed by atoms with Crippen LogP contribution in [0, 0.1) is 23.2 Å². The summed E-state index contributed by atoms with van der Waals surface area (Å²) < 4.78 is 4.92. The van der Waals surface area contributed by atoms with Crippen molar-refractivity contribution in [3.8, 4) is 6.07 Å². The molecule has 1 amide bonds. The minimum absolute atomic E-state index is 0.0196. The molecule has 1 atom stereocenters. The van der Waals surface area contributed by atoms with Gasteiger partial charge < -0.3 is 10.1 Å². The van der Waals surface area contributed by atoms with Gasteiger partial charge >= 0.3 is 5.97 Å². The number of nitrogens with zero attached hydrogens (tertiary/aromatic N) is 1. The average Bonchev–Trinajstić information content (AvgIpc) is 2.23. The predicted molar refractivity (Wildman–Crippen MR) is 65.3 cm³/mol. The molecule has 0 aromatic carbocycles. The van der Waals surface area contributed by atoms with Crippen molar-refractivity contribution in [2.45, 2.75) is 45.6 Å². The van der Waals surface area contributed by atoms with Gasteiger partial charge in [-0.3, -0.25) is 9.59 Å². The summed E-state index contributed by atoms with van der Waals surface area (Å²) in [6.45, 7) is 5.05. The molecule has 0 unspecified atom stereocenters. The second kappa shape index (κ2) is 5.85. The normalized spacial score (nSPS) is 18.4. The van der Waals surface area contributed by atoms with Crippen molar-refractivity contribution in [3.63, 3.8) is 0 Å². The van der Waals surface area contributed by atoms with E-state index in [0.29, 0.717) is 0 Å². The topological polar surface area (TPSA) is 79.2 Å². The first-order valence-electron chi connectivity index (χ1n) is 6.28. The number of carbonyl (C=O) groups is 2. The highest BCUT2D eigenvalue weighted by molar-refractivity contribution is 5.82. The van der Waals surface area contributed by atoms with Gasteiger partial charge in [-0.05, 0) is 25.7 Å². The molecule has 0 heterocycles. The monoisotopic (exact) mass is 252 g/mol. The van der Waals surface area contributed by atoms with E-state index in [9.17, 15) is 9.59 Å². The van der Waals surface area contributed by atoms with Crippen LogP contribution >= 0.6 is 0 Å². The van der Waals surface area contributed by atoms with E-state index >= 15 is 0 Å². The molecule has 1 aliphatic rings. The van der Waals surface area contributed by atoms with Crippen LogP contribution in [0.1, 0.15) is 40.0 Å². The summed E-state index contributed by atoms with van der Waals surface area (Å²) in [7, 11) is 0. The lowest BCUT2D eigenvalue weighted by atomic mass is 9.86. The Kier molecular flexibility index (Phi) is 4.71. The van der Waals surface area contributed by atoms with Crippen molar-refractivity contribution < 1.29 is 14.3 Å². The van der Waals surface area contributed by atoms with Gasteiger partial charge in [0.25, 0.3) is 5.91 Å². The molecule has 0 aromatic heterocycles. The highest BCUT2D eigenvalue weighted by atomic mass is 16.5. The minimum atomic E-state index is -0.931. The third-order valence-corrected chi connectivity index (χ3v) is 3.57. The molecule has 1 rings (SSSR count). The molecular formula is C13H20N2O3. The maximum atomic E-state index is 11.6. The summed E-state index contributed by atoms with van der Waals surface area (Å²) in [4.78, 5) is 23.0. The van der Waals surface area contributed by atoms with Gasteiger partial charge in [0.05, 0.1) is 12.0 Å². The number of ether oxygens (including phenoxy) is 1. The fourth-order valence-electron chi connectivity index (χ4n) is 1.53. The second-order valence-corrected chi connectivity index (χ2v) is 5.25. The molecule has 5 heteroatoms. The predicted octanol–water partition coefficient (Wildman–Crippen LogP) is 1.38. The summed E-state index contributed by atoms with van der Waals surface area (Å²) in [5, 5.41) is 11.6. The quantitative estimate of drug-likeness (QED) is 0.750. The van der Waals surface area contributed by atoms with Crippen LogP contribution < -0.4 is 5.32 Å². The standard InChI is InChI=1S/C13H20N2O3/c1-9(2)13(3,8-14)15-11(16)7-18-12(17)10-5-4-6-10/h9-10H,4-7H2,1-3H3,(H,15,16)/t13-/m1/s1. The molecule has 1 N–H and O–H groups in total. The van der Waals surface area contributed by atoms with E-state index in [-0.39, 0.29) is 24.4 Å². The van der Waals surface area contributed by atoms with Crippen LogP contribution in [0.2, 0.25) is 0 Å². The van der Waals surface area contributed by atoms with Crippen LogP contribution in [-0.2, 0) is 14.3 Å². The Hall–Kier alpha value is -1.57. The molecule has 100 valence electrons. The molecule has 0 bridgehead atoms.